The SMILES string of the molecule is N=C(/C=C(\NCc1ccccc1F)c1ccon1)c1ncc(O)cn1. The molecule has 0 aliphatic carbocycles. The summed E-state index contributed by atoms with van der Waals surface area (Å²) in [5.41, 5.74) is 1.39. The Morgan fingerprint density at radius 2 is 2.00 bits per heavy atom. The zero-order valence-corrected chi connectivity index (χ0v) is 13.0. The number of allylic oxidation sites excluding steroid dienone is 1. The molecule has 1 aromatic carbocycles. The third kappa shape index (κ3) is 4.05. The van der Waals surface area contributed by atoms with Gasteiger partial charge in [0.15, 0.2) is 11.6 Å². The van der Waals surface area contributed by atoms with Crippen molar-refractivity contribution in [2.24, 2.45) is 0 Å². The highest BCUT2D eigenvalue weighted by atomic mass is 19.1. The van der Waals surface area contributed by atoms with Crippen LogP contribution in [0.2, 0.25) is 0 Å². The van der Waals surface area contributed by atoms with E-state index >= 15 is 0 Å². The van der Waals surface area contributed by atoms with Gasteiger partial charge in [-0.05, 0) is 12.1 Å². The van der Waals surface area contributed by atoms with Crippen molar-refractivity contribution in [3.63, 3.8) is 0 Å². The molecule has 3 aromatic rings. The van der Waals surface area contributed by atoms with E-state index in [0.29, 0.717) is 17.0 Å². The van der Waals surface area contributed by atoms with E-state index in [1.54, 1.807) is 24.3 Å². The number of rotatable bonds is 6. The molecular formula is C17H14FN5O2. The summed E-state index contributed by atoms with van der Waals surface area (Å²) < 4.78 is 18.6. The molecule has 0 bridgehead atoms. The molecule has 3 N–H and O–H groups in total. The summed E-state index contributed by atoms with van der Waals surface area (Å²) in [7, 11) is 0. The first-order valence-electron chi connectivity index (χ1n) is 7.33. The topological polar surface area (TPSA) is 108 Å². The second-order valence-electron chi connectivity index (χ2n) is 5.07. The van der Waals surface area contributed by atoms with Gasteiger partial charge in [0.25, 0.3) is 0 Å². The highest BCUT2D eigenvalue weighted by Crippen LogP contribution is 2.13. The zero-order valence-electron chi connectivity index (χ0n) is 13.0. The summed E-state index contributed by atoms with van der Waals surface area (Å²) in [6.07, 6.45) is 5.26. The molecule has 0 amide bonds. The lowest BCUT2D eigenvalue weighted by atomic mass is 10.2. The van der Waals surface area contributed by atoms with Gasteiger partial charge < -0.3 is 14.9 Å². The number of nitrogens with one attached hydrogen (secondary N) is 2. The maximum Gasteiger partial charge on any atom is 0.177 e. The first-order valence-corrected chi connectivity index (χ1v) is 7.33. The van der Waals surface area contributed by atoms with E-state index < -0.39 is 0 Å². The highest BCUT2D eigenvalue weighted by Gasteiger charge is 2.10. The molecule has 7 nitrogen and oxygen atoms in total. The number of benzene rings is 1. The van der Waals surface area contributed by atoms with Gasteiger partial charge in [0.2, 0.25) is 0 Å². The third-order valence-corrected chi connectivity index (χ3v) is 3.31. The van der Waals surface area contributed by atoms with Crippen molar-refractivity contribution < 1.29 is 14.0 Å². The van der Waals surface area contributed by atoms with Crippen molar-refractivity contribution in [1.82, 2.24) is 20.4 Å². The Bertz CT molecular complexity index is 892. The van der Waals surface area contributed by atoms with Crippen LogP contribution in [0.3, 0.4) is 0 Å². The van der Waals surface area contributed by atoms with Crippen molar-refractivity contribution in [1.29, 1.82) is 5.41 Å². The predicted molar refractivity (Wildman–Crippen MR) is 88.2 cm³/mol. The summed E-state index contributed by atoms with van der Waals surface area (Å²) in [5, 5.41) is 24.2. The van der Waals surface area contributed by atoms with Crippen LogP contribution in [0.15, 0.2) is 59.6 Å². The van der Waals surface area contributed by atoms with Crippen LogP contribution < -0.4 is 5.32 Å². The third-order valence-electron chi connectivity index (χ3n) is 3.31. The molecule has 0 spiro atoms. The van der Waals surface area contributed by atoms with Crippen LogP contribution >= 0.6 is 0 Å². The van der Waals surface area contributed by atoms with Crippen molar-refractivity contribution in [3.05, 3.63) is 78.0 Å². The Morgan fingerprint density at radius 3 is 2.68 bits per heavy atom. The molecular weight excluding hydrogens is 325 g/mol. The average Bonchev–Trinajstić information content (AvgIpc) is 3.15. The van der Waals surface area contributed by atoms with Crippen LogP contribution in [0.1, 0.15) is 17.1 Å². The lowest BCUT2D eigenvalue weighted by Gasteiger charge is -2.10. The van der Waals surface area contributed by atoms with Gasteiger partial charge in [-0.2, -0.15) is 0 Å². The molecule has 0 aliphatic heterocycles. The Morgan fingerprint density at radius 1 is 1.24 bits per heavy atom. The minimum absolute atomic E-state index is 0.000895. The minimum atomic E-state index is -0.327. The molecule has 3 rings (SSSR count). The first kappa shape index (κ1) is 16.3. The number of aromatic hydroxyl groups is 1. The van der Waals surface area contributed by atoms with Crippen molar-refractivity contribution in [2.45, 2.75) is 6.54 Å². The van der Waals surface area contributed by atoms with Crippen molar-refractivity contribution in [3.8, 4) is 5.75 Å². The summed E-state index contributed by atoms with van der Waals surface area (Å²) >= 11 is 0. The van der Waals surface area contributed by atoms with Gasteiger partial charge in [-0.3, -0.25) is 5.41 Å². The molecule has 8 heteroatoms. The van der Waals surface area contributed by atoms with Gasteiger partial charge in [0.05, 0.1) is 18.1 Å². The molecule has 0 radical (unpaired) electrons. The molecule has 0 unspecified atom stereocenters. The Hall–Kier alpha value is -3.55. The van der Waals surface area contributed by atoms with Crippen molar-refractivity contribution >= 4 is 11.4 Å². The van der Waals surface area contributed by atoms with Gasteiger partial charge >= 0.3 is 0 Å². The van der Waals surface area contributed by atoms with E-state index in [1.165, 1.54) is 30.8 Å². The molecule has 126 valence electrons. The molecule has 0 fully saturated rings. The summed E-state index contributed by atoms with van der Waals surface area (Å²) in [5.74, 6) is -0.284. The van der Waals surface area contributed by atoms with Crippen LogP contribution in [0.5, 0.6) is 5.75 Å². The fourth-order valence-corrected chi connectivity index (χ4v) is 2.07. The van der Waals surface area contributed by atoms with E-state index in [-0.39, 0.29) is 29.6 Å². The number of halogens is 1. The standard InChI is InChI=1S/C17H14FN5O2/c18-13-4-2-1-3-11(13)8-20-16(15-5-6-25-23-15)7-14(19)17-21-9-12(24)10-22-17/h1-7,9-10,19-20,24H,8H2/b16-7-,19-14?. The number of aromatic nitrogens is 3. The second kappa shape index (κ2) is 7.35. The maximum atomic E-state index is 13.8. The molecule has 2 heterocycles. The molecule has 25 heavy (non-hydrogen) atoms. The van der Waals surface area contributed by atoms with Gasteiger partial charge in [-0.15, -0.1) is 0 Å². The van der Waals surface area contributed by atoms with Crippen LogP contribution in [-0.4, -0.2) is 25.9 Å². The maximum absolute atomic E-state index is 13.8. The summed E-state index contributed by atoms with van der Waals surface area (Å²) in [4.78, 5) is 7.77. The Labute approximate surface area is 142 Å². The van der Waals surface area contributed by atoms with Crippen LogP contribution in [0.25, 0.3) is 5.70 Å². The number of hydrogen-bond donors (Lipinski definition) is 3. The van der Waals surface area contributed by atoms with Gasteiger partial charge in [-0.1, -0.05) is 23.4 Å². The van der Waals surface area contributed by atoms with Gasteiger partial charge in [0, 0.05) is 18.2 Å². The monoisotopic (exact) mass is 339 g/mol. The molecule has 0 saturated heterocycles. The van der Waals surface area contributed by atoms with E-state index in [9.17, 15) is 9.50 Å². The van der Waals surface area contributed by atoms with Crippen molar-refractivity contribution in [2.75, 3.05) is 0 Å². The molecule has 0 aliphatic rings. The van der Waals surface area contributed by atoms with Gasteiger partial charge in [-0.25, -0.2) is 14.4 Å². The predicted octanol–water partition coefficient (Wildman–Crippen LogP) is 2.51. The van der Waals surface area contributed by atoms with E-state index in [4.69, 9.17) is 9.93 Å². The van der Waals surface area contributed by atoms with E-state index in [2.05, 4.69) is 20.4 Å². The fraction of sp³-hybridized carbons (Fsp3) is 0.0588. The summed E-state index contributed by atoms with van der Waals surface area (Å²) in [6.45, 7) is 0.203. The van der Waals surface area contributed by atoms with E-state index in [1.807, 2.05) is 0 Å². The van der Waals surface area contributed by atoms with Crippen LogP contribution in [0, 0.1) is 11.2 Å². The highest BCUT2D eigenvalue weighted by molar-refractivity contribution is 6.07. The second-order valence-corrected chi connectivity index (χ2v) is 5.07. The lowest BCUT2D eigenvalue weighted by molar-refractivity contribution is 0.417. The molecule has 0 atom stereocenters. The normalized spacial score (nSPS) is 11.3. The summed E-state index contributed by atoms with van der Waals surface area (Å²) in [6, 6.07) is 8.02. The van der Waals surface area contributed by atoms with Gasteiger partial charge in [0.1, 0.15) is 23.5 Å². The average molecular weight is 339 g/mol. The number of nitrogens with zero attached hydrogens (tertiary/aromatic N) is 3. The smallest absolute Gasteiger partial charge is 0.177 e. The quantitative estimate of drug-likeness (QED) is 0.596. The molecule has 2 aromatic heterocycles. The largest absolute Gasteiger partial charge is 0.505 e. The Balaban J connectivity index is 1.83. The first-order chi connectivity index (χ1) is 12.1. The zero-order chi connectivity index (χ0) is 17.6. The van der Waals surface area contributed by atoms with Crippen LogP contribution in [0.4, 0.5) is 4.39 Å². The minimum Gasteiger partial charge on any atom is -0.505 e. The van der Waals surface area contributed by atoms with E-state index in [0.717, 1.165) is 0 Å². The fourth-order valence-electron chi connectivity index (χ4n) is 2.07. The molecule has 0 saturated carbocycles. The van der Waals surface area contributed by atoms with Crippen LogP contribution in [-0.2, 0) is 6.54 Å². The lowest BCUT2D eigenvalue weighted by Crippen LogP contribution is -2.15. The number of hydrogen-bond acceptors (Lipinski definition) is 7. The Kier molecular flexibility index (Phi) is 4.79.